The Morgan fingerprint density at radius 3 is 2.80 bits per heavy atom. The fourth-order valence-electron chi connectivity index (χ4n) is 2.29. The van der Waals surface area contributed by atoms with Crippen molar-refractivity contribution in [2.75, 3.05) is 26.3 Å². The van der Waals surface area contributed by atoms with Crippen molar-refractivity contribution < 1.29 is 9.53 Å². The second kappa shape index (κ2) is 5.05. The van der Waals surface area contributed by atoms with Crippen LogP contribution in [0.3, 0.4) is 0 Å². The lowest BCUT2D eigenvalue weighted by molar-refractivity contribution is 0.0303. The molecule has 1 aliphatic rings. The minimum atomic E-state index is -0.147. The molecule has 2 aromatic rings. The third-order valence-electron chi connectivity index (χ3n) is 3.46. The number of benzene rings is 1. The van der Waals surface area contributed by atoms with Gasteiger partial charge in [0.2, 0.25) is 0 Å². The van der Waals surface area contributed by atoms with Crippen LogP contribution in [0.1, 0.15) is 10.4 Å². The summed E-state index contributed by atoms with van der Waals surface area (Å²) >= 11 is 0. The van der Waals surface area contributed by atoms with E-state index in [-0.39, 0.29) is 11.5 Å². The number of hydrogen-bond acceptors (Lipinski definition) is 4. The molecule has 2 heterocycles. The maximum absolute atomic E-state index is 12.4. The largest absolute Gasteiger partial charge is 0.378 e. The number of carbonyl (C=O) groups is 1. The summed E-state index contributed by atoms with van der Waals surface area (Å²) in [6.45, 7) is 2.29. The number of hydrogen-bond donors (Lipinski definition) is 0. The van der Waals surface area contributed by atoms with E-state index in [1.165, 1.54) is 10.9 Å². The second-order valence-electron chi connectivity index (χ2n) is 4.80. The van der Waals surface area contributed by atoms with E-state index in [1.807, 2.05) is 0 Å². The topological polar surface area (TPSA) is 64.4 Å². The molecule has 0 saturated carbocycles. The number of aryl methyl sites for hydroxylation is 1. The lowest BCUT2D eigenvalue weighted by Gasteiger charge is -2.26. The van der Waals surface area contributed by atoms with Gasteiger partial charge in [0.1, 0.15) is 0 Å². The Hall–Kier alpha value is -2.21. The van der Waals surface area contributed by atoms with E-state index in [9.17, 15) is 9.59 Å². The van der Waals surface area contributed by atoms with Gasteiger partial charge in [0.25, 0.3) is 11.5 Å². The van der Waals surface area contributed by atoms with Crippen LogP contribution in [0.25, 0.3) is 10.9 Å². The smallest absolute Gasteiger partial charge is 0.260 e. The Morgan fingerprint density at radius 2 is 2.05 bits per heavy atom. The Bertz CT molecular complexity index is 717. The van der Waals surface area contributed by atoms with Gasteiger partial charge in [0.05, 0.1) is 30.4 Å². The quantitative estimate of drug-likeness (QED) is 0.754. The minimum Gasteiger partial charge on any atom is -0.378 e. The van der Waals surface area contributed by atoms with E-state index >= 15 is 0 Å². The number of rotatable bonds is 1. The summed E-state index contributed by atoms with van der Waals surface area (Å²) in [6, 6.07) is 5.06. The Kier molecular flexibility index (Phi) is 3.23. The van der Waals surface area contributed by atoms with Crippen molar-refractivity contribution in [2.45, 2.75) is 0 Å². The Morgan fingerprint density at radius 1 is 1.30 bits per heavy atom. The zero-order valence-corrected chi connectivity index (χ0v) is 11.2. The van der Waals surface area contributed by atoms with Gasteiger partial charge in [-0.3, -0.25) is 9.59 Å². The van der Waals surface area contributed by atoms with Gasteiger partial charge in [-0.25, -0.2) is 4.98 Å². The summed E-state index contributed by atoms with van der Waals surface area (Å²) in [5.74, 6) is -0.0684. The summed E-state index contributed by atoms with van der Waals surface area (Å²) in [5.41, 5.74) is 0.975. The average molecular weight is 273 g/mol. The molecule has 0 aliphatic carbocycles. The Labute approximate surface area is 115 Å². The molecule has 6 nitrogen and oxygen atoms in total. The summed E-state index contributed by atoms with van der Waals surface area (Å²) in [5, 5.41) is 0.467. The molecule has 0 atom stereocenters. The second-order valence-corrected chi connectivity index (χ2v) is 4.80. The van der Waals surface area contributed by atoms with Crippen LogP contribution in [0.5, 0.6) is 0 Å². The van der Waals surface area contributed by atoms with Crippen LogP contribution in [-0.4, -0.2) is 46.7 Å². The molecule has 3 rings (SSSR count). The number of carbonyl (C=O) groups excluding carboxylic acids is 1. The molecule has 104 valence electrons. The molecule has 1 aliphatic heterocycles. The average Bonchev–Trinajstić information content (AvgIpc) is 2.51. The number of ether oxygens (including phenoxy) is 1. The molecule has 0 N–H and O–H groups in total. The molecule has 1 amide bonds. The first kappa shape index (κ1) is 12.8. The fourth-order valence-corrected chi connectivity index (χ4v) is 2.29. The van der Waals surface area contributed by atoms with Gasteiger partial charge in [-0.05, 0) is 18.2 Å². The van der Waals surface area contributed by atoms with Crippen molar-refractivity contribution in [3.8, 4) is 0 Å². The molecule has 1 aromatic heterocycles. The normalized spacial score (nSPS) is 15.6. The van der Waals surface area contributed by atoms with Gasteiger partial charge in [-0.2, -0.15) is 0 Å². The number of nitrogens with zero attached hydrogens (tertiary/aromatic N) is 3. The van der Waals surface area contributed by atoms with Gasteiger partial charge in [0, 0.05) is 25.7 Å². The van der Waals surface area contributed by atoms with Crippen LogP contribution in [0.4, 0.5) is 0 Å². The van der Waals surface area contributed by atoms with E-state index in [2.05, 4.69) is 4.98 Å². The van der Waals surface area contributed by atoms with Gasteiger partial charge in [0.15, 0.2) is 0 Å². The van der Waals surface area contributed by atoms with Crippen LogP contribution in [-0.2, 0) is 11.8 Å². The Balaban J connectivity index is 2.01. The molecular weight excluding hydrogens is 258 g/mol. The number of fused-ring (bicyclic) bond motifs is 1. The van der Waals surface area contributed by atoms with Crippen molar-refractivity contribution in [3.63, 3.8) is 0 Å². The van der Waals surface area contributed by atoms with E-state index in [0.29, 0.717) is 42.8 Å². The van der Waals surface area contributed by atoms with E-state index in [0.717, 1.165) is 0 Å². The molecule has 0 bridgehead atoms. The maximum atomic E-state index is 12.4. The summed E-state index contributed by atoms with van der Waals surface area (Å²) in [7, 11) is 1.64. The molecule has 6 heteroatoms. The third kappa shape index (κ3) is 2.18. The SMILES string of the molecule is Cn1cnc2ccc(C(=O)N3CCOCC3)cc2c1=O. The molecule has 0 spiro atoms. The first-order valence-electron chi connectivity index (χ1n) is 6.49. The number of morpholine rings is 1. The first-order valence-corrected chi connectivity index (χ1v) is 6.49. The predicted molar refractivity (Wildman–Crippen MR) is 73.7 cm³/mol. The lowest BCUT2D eigenvalue weighted by atomic mass is 10.1. The van der Waals surface area contributed by atoms with Crippen molar-refractivity contribution in [2.24, 2.45) is 7.05 Å². The first-order chi connectivity index (χ1) is 9.66. The van der Waals surface area contributed by atoms with E-state index in [1.54, 1.807) is 30.1 Å². The summed E-state index contributed by atoms with van der Waals surface area (Å²) in [6.07, 6.45) is 1.48. The van der Waals surface area contributed by atoms with Crippen LogP contribution >= 0.6 is 0 Å². The highest BCUT2D eigenvalue weighted by Gasteiger charge is 2.19. The van der Waals surface area contributed by atoms with E-state index in [4.69, 9.17) is 4.74 Å². The summed E-state index contributed by atoms with van der Waals surface area (Å²) in [4.78, 5) is 30.4. The van der Waals surface area contributed by atoms with Gasteiger partial charge in [-0.15, -0.1) is 0 Å². The van der Waals surface area contributed by atoms with Crippen molar-refractivity contribution >= 4 is 16.8 Å². The van der Waals surface area contributed by atoms with Crippen molar-refractivity contribution in [1.82, 2.24) is 14.5 Å². The zero-order valence-electron chi connectivity index (χ0n) is 11.2. The lowest BCUT2D eigenvalue weighted by Crippen LogP contribution is -2.40. The molecule has 0 unspecified atom stereocenters. The highest BCUT2D eigenvalue weighted by molar-refractivity contribution is 5.97. The van der Waals surface area contributed by atoms with E-state index < -0.39 is 0 Å². The van der Waals surface area contributed by atoms with Crippen LogP contribution in [0.15, 0.2) is 29.3 Å². The highest BCUT2D eigenvalue weighted by atomic mass is 16.5. The standard InChI is InChI=1S/C14H15N3O3/c1-16-9-15-12-3-2-10(8-11(12)14(16)19)13(18)17-4-6-20-7-5-17/h2-3,8-9H,4-7H2,1H3. The number of aromatic nitrogens is 2. The molecule has 1 saturated heterocycles. The summed E-state index contributed by atoms with van der Waals surface area (Å²) < 4.78 is 6.64. The van der Waals surface area contributed by atoms with Crippen LogP contribution in [0, 0.1) is 0 Å². The van der Waals surface area contributed by atoms with Gasteiger partial charge in [-0.1, -0.05) is 0 Å². The molecule has 20 heavy (non-hydrogen) atoms. The molecular formula is C14H15N3O3. The van der Waals surface area contributed by atoms with Crippen molar-refractivity contribution in [3.05, 3.63) is 40.4 Å². The maximum Gasteiger partial charge on any atom is 0.260 e. The molecule has 0 radical (unpaired) electrons. The van der Waals surface area contributed by atoms with Crippen molar-refractivity contribution in [1.29, 1.82) is 0 Å². The minimum absolute atomic E-state index is 0.0684. The fraction of sp³-hybridized carbons (Fsp3) is 0.357. The van der Waals surface area contributed by atoms with Crippen LogP contribution in [0.2, 0.25) is 0 Å². The third-order valence-corrected chi connectivity index (χ3v) is 3.46. The highest BCUT2D eigenvalue weighted by Crippen LogP contribution is 2.13. The zero-order chi connectivity index (χ0) is 14.1. The van der Waals surface area contributed by atoms with Gasteiger partial charge < -0.3 is 14.2 Å². The molecule has 1 fully saturated rings. The van der Waals surface area contributed by atoms with Crippen LogP contribution < -0.4 is 5.56 Å². The monoisotopic (exact) mass is 273 g/mol. The van der Waals surface area contributed by atoms with Gasteiger partial charge >= 0.3 is 0 Å². The molecule has 1 aromatic carbocycles. The predicted octanol–water partition coefficient (Wildman–Crippen LogP) is 0.406. The number of amides is 1.